The number of halogens is 2. The van der Waals surface area contributed by atoms with Crippen LogP contribution in [0, 0.1) is 5.82 Å². The van der Waals surface area contributed by atoms with E-state index in [-0.39, 0.29) is 27.8 Å². The van der Waals surface area contributed by atoms with E-state index >= 15 is 0 Å². The molecule has 2 aromatic carbocycles. The minimum absolute atomic E-state index is 0.0508. The topological polar surface area (TPSA) is 72.5 Å². The maximum absolute atomic E-state index is 12.9. The number of carbonyl (C=O) groups excluding carboxylic acids is 1. The molecule has 126 valence electrons. The van der Waals surface area contributed by atoms with Crippen molar-refractivity contribution in [3.8, 4) is 0 Å². The maximum atomic E-state index is 12.9. The molecule has 24 heavy (non-hydrogen) atoms. The summed E-state index contributed by atoms with van der Waals surface area (Å²) in [5.74, 6) is -1.21. The van der Waals surface area contributed by atoms with Crippen molar-refractivity contribution in [3.05, 3.63) is 71.5 Å². The Morgan fingerprint density at radius 1 is 1.21 bits per heavy atom. The van der Waals surface area contributed by atoms with E-state index < -0.39 is 21.8 Å². The number of anilines is 1. The molecule has 0 aliphatic heterocycles. The maximum Gasteiger partial charge on any atom is 0.338 e. The lowest BCUT2D eigenvalue weighted by Gasteiger charge is -2.09. The molecule has 0 heterocycles. The van der Waals surface area contributed by atoms with Crippen LogP contribution in [0.1, 0.15) is 10.4 Å². The summed E-state index contributed by atoms with van der Waals surface area (Å²) >= 11 is 5.51. The number of rotatable bonds is 6. The van der Waals surface area contributed by atoms with Crippen LogP contribution in [0.5, 0.6) is 0 Å². The zero-order valence-corrected chi connectivity index (χ0v) is 13.9. The first-order chi connectivity index (χ1) is 11.3. The molecule has 0 bridgehead atoms. The van der Waals surface area contributed by atoms with Gasteiger partial charge in [0.05, 0.1) is 10.5 Å². The summed E-state index contributed by atoms with van der Waals surface area (Å²) in [6.07, 6.45) is 0. The molecule has 0 saturated carbocycles. The van der Waals surface area contributed by atoms with Crippen LogP contribution in [0.4, 0.5) is 10.1 Å². The minimum Gasteiger partial charge on any atom is -0.456 e. The molecule has 8 heteroatoms. The van der Waals surface area contributed by atoms with Crippen molar-refractivity contribution in [1.29, 1.82) is 0 Å². The number of hydrogen-bond acceptors (Lipinski definition) is 4. The van der Waals surface area contributed by atoms with Crippen molar-refractivity contribution in [1.82, 2.24) is 0 Å². The molecule has 1 N–H and O–H groups in total. The molecular formula is C16H13ClFNO4S. The lowest BCUT2D eigenvalue weighted by molar-refractivity contribution is 0.0546. The normalized spacial score (nSPS) is 10.9. The van der Waals surface area contributed by atoms with Crippen LogP contribution >= 0.6 is 11.6 Å². The van der Waals surface area contributed by atoms with Crippen LogP contribution in [-0.4, -0.2) is 21.0 Å². The number of benzene rings is 2. The van der Waals surface area contributed by atoms with E-state index in [9.17, 15) is 17.6 Å². The molecule has 2 aromatic rings. The highest BCUT2D eigenvalue weighted by Crippen LogP contribution is 2.18. The molecule has 2 rings (SSSR count). The standard InChI is InChI=1S/C16H13ClFNO4S/c1-11(17)10-23-16(20)12-3-2-4-15(9-12)24(21,22)19-14-7-5-13(18)6-8-14/h2-9,19H,1,10H2. The SMILES string of the molecule is C=C(Cl)COC(=O)c1cccc(S(=O)(=O)Nc2ccc(F)cc2)c1. The number of esters is 1. The van der Waals surface area contributed by atoms with E-state index in [2.05, 4.69) is 11.3 Å². The average molecular weight is 370 g/mol. The molecule has 0 saturated heterocycles. The summed E-state index contributed by atoms with van der Waals surface area (Å²) in [6, 6.07) is 10.2. The lowest BCUT2D eigenvalue weighted by atomic mass is 10.2. The number of hydrogen-bond donors (Lipinski definition) is 1. The Kier molecular flexibility index (Phi) is 5.58. The summed E-state index contributed by atoms with van der Waals surface area (Å²) in [5.41, 5.74) is 0.248. The third-order valence-corrected chi connectivity index (χ3v) is 4.32. The molecule has 0 aromatic heterocycles. The van der Waals surface area contributed by atoms with Gasteiger partial charge in [-0.05, 0) is 42.5 Å². The second-order valence-electron chi connectivity index (χ2n) is 4.73. The highest BCUT2D eigenvalue weighted by molar-refractivity contribution is 7.92. The number of nitrogens with one attached hydrogen (secondary N) is 1. The highest BCUT2D eigenvalue weighted by Gasteiger charge is 2.17. The Bertz CT molecular complexity index is 866. The minimum atomic E-state index is -3.94. The first-order valence-corrected chi connectivity index (χ1v) is 8.53. The molecule has 0 aliphatic rings. The Morgan fingerprint density at radius 3 is 2.50 bits per heavy atom. The quantitative estimate of drug-likeness (QED) is 0.790. The van der Waals surface area contributed by atoms with Gasteiger partial charge < -0.3 is 4.74 Å². The Hall–Kier alpha value is -2.38. The predicted octanol–water partition coefficient (Wildman–Crippen LogP) is 3.54. The van der Waals surface area contributed by atoms with Gasteiger partial charge in [0.15, 0.2) is 0 Å². The number of ether oxygens (including phenoxy) is 1. The van der Waals surface area contributed by atoms with Crippen molar-refractivity contribution >= 4 is 33.3 Å². The molecule has 0 fully saturated rings. The first kappa shape index (κ1) is 18.0. The first-order valence-electron chi connectivity index (χ1n) is 6.67. The van der Waals surface area contributed by atoms with Crippen LogP contribution in [0.3, 0.4) is 0 Å². The summed E-state index contributed by atoms with van der Waals surface area (Å²) in [7, 11) is -3.94. The fourth-order valence-electron chi connectivity index (χ4n) is 1.75. The van der Waals surface area contributed by atoms with Gasteiger partial charge in [0, 0.05) is 10.7 Å². The van der Waals surface area contributed by atoms with Crippen molar-refractivity contribution in [2.24, 2.45) is 0 Å². The van der Waals surface area contributed by atoms with Crippen molar-refractivity contribution in [2.75, 3.05) is 11.3 Å². The van der Waals surface area contributed by atoms with E-state index in [1.54, 1.807) is 0 Å². The average Bonchev–Trinajstić information content (AvgIpc) is 2.54. The van der Waals surface area contributed by atoms with Crippen molar-refractivity contribution < 1.29 is 22.3 Å². The molecule has 0 spiro atoms. The third-order valence-electron chi connectivity index (χ3n) is 2.84. The summed E-state index contributed by atoms with van der Waals surface area (Å²) in [4.78, 5) is 11.7. The fraction of sp³-hybridized carbons (Fsp3) is 0.0625. The predicted molar refractivity (Wildman–Crippen MR) is 88.9 cm³/mol. The molecule has 0 atom stereocenters. The van der Waals surface area contributed by atoms with Crippen LogP contribution in [0.15, 0.2) is 65.0 Å². The zero-order valence-electron chi connectivity index (χ0n) is 12.3. The molecule has 0 amide bonds. The number of carbonyl (C=O) groups is 1. The van der Waals surface area contributed by atoms with Crippen molar-refractivity contribution in [2.45, 2.75) is 4.90 Å². The summed E-state index contributed by atoms with van der Waals surface area (Å²) < 4.78 is 44.7. The number of sulfonamides is 1. The van der Waals surface area contributed by atoms with Crippen LogP contribution < -0.4 is 4.72 Å². The van der Waals surface area contributed by atoms with Gasteiger partial charge in [0.1, 0.15) is 12.4 Å². The second-order valence-corrected chi connectivity index (χ2v) is 6.95. The van der Waals surface area contributed by atoms with Gasteiger partial charge in [-0.15, -0.1) is 0 Å². The van der Waals surface area contributed by atoms with E-state index in [0.717, 1.165) is 12.1 Å². The van der Waals surface area contributed by atoms with Crippen LogP contribution in [-0.2, 0) is 14.8 Å². The van der Waals surface area contributed by atoms with Gasteiger partial charge in [-0.3, -0.25) is 4.72 Å². The van der Waals surface area contributed by atoms with E-state index in [1.165, 1.54) is 36.4 Å². The smallest absolute Gasteiger partial charge is 0.338 e. The largest absolute Gasteiger partial charge is 0.456 e. The van der Waals surface area contributed by atoms with Crippen molar-refractivity contribution in [3.63, 3.8) is 0 Å². The van der Waals surface area contributed by atoms with E-state index in [4.69, 9.17) is 16.3 Å². The van der Waals surface area contributed by atoms with E-state index in [0.29, 0.717) is 0 Å². The molecule has 0 aliphatic carbocycles. The Balaban J connectivity index is 2.21. The Morgan fingerprint density at radius 2 is 1.88 bits per heavy atom. The molecular weight excluding hydrogens is 357 g/mol. The zero-order chi connectivity index (χ0) is 17.7. The van der Waals surface area contributed by atoms with Gasteiger partial charge in [0.2, 0.25) is 0 Å². The van der Waals surface area contributed by atoms with Gasteiger partial charge in [-0.1, -0.05) is 24.2 Å². The Labute approximate surface area is 143 Å². The lowest BCUT2D eigenvalue weighted by Crippen LogP contribution is -2.14. The van der Waals surface area contributed by atoms with Gasteiger partial charge >= 0.3 is 5.97 Å². The molecule has 5 nitrogen and oxygen atoms in total. The second kappa shape index (κ2) is 7.46. The molecule has 0 radical (unpaired) electrons. The van der Waals surface area contributed by atoms with Gasteiger partial charge in [0.25, 0.3) is 10.0 Å². The van der Waals surface area contributed by atoms with Gasteiger partial charge in [-0.2, -0.15) is 0 Å². The van der Waals surface area contributed by atoms with Gasteiger partial charge in [-0.25, -0.2) is 17.6 Å². The van der Waals surface area contributed by atoms with Crippen LogP contribution in [0.25, 0.3) is 0 Å². The van der Waals surface area contributed by atoms with Crippen LogP contribution in [0.2, 0.25) is 0 Å². The summed E-state index contributed by atoms with van der Waals surface area (Å²) in [5, 5.41) is 0.144. The monoisotopic (exact) mass is 369 g/mol. The van der Waals surface area contributed by atoms with E-state index in [1.807, 2.05) is 0 Å². The summed E-state index contributed by atoms with van der Waals surface area (Å²) in [6.45, 7) is 3.21. The third kappa shape index (κ3) is 4.81. The molecule has 0 unspecified atom stereocenters. The highest BCUT2D eigenvalue weighted by atomic mass is 35.5. The fourth-order valence-corrected chi connectivity index (χ4v) is 2.91.